The molecule has 0 aliphatic carbocycles. The molecular weight excluding hydrogens is 912 g/mol. The summed E-state index contributed by atoms with van der Waals surface area (Å²) in [5.74, 6) is 0. The summed E-state index contributed by atoms with van der Waals surface area (Å²) in [4.78, 5) is 0. The summed E-state index contributed by atoms with van der Waals surface area (Å²) in [5.41, 5.74) is 9.41. The Morgan fingerprint density at radius 2 is 0.400 bits per heavy atom. The number of hydrogen-bond acceptors (Lipinski definition) is 2. The molecule has 4 nitrogen and oxygen atoms in total. The van der Waals surface area contributed by atoms with Crippen molar-refractivity contribution in [3.63, 3.8) is 0 Å². The normalized spacial score (nSPS) is 11.2. The summed E-state index contributed by atoms with van der Waals surface area (Å²) in [7, 11) is -1.85. The largest absolute Gasteiger partial charge is 0.889 e. The van der Waals surface area contributed by atoms with Gasteiger partial charge in [-0.3, -0.25) is 0 Å². The number of unbranched alkanes of at least 4 members (excludes halogenated alkanes) is 55. The Morgan fingerprint density at radius 1 is 0.240 bits per heavy atom. The maximum Gasteiger partial charge on any atom is 0.0739 e. The first-order chi connectivity index (χ1) is 37.1. The molecule has 0 bridgehead atoms. The van der Waals surface area contributed by atoms with Gasteiger partial charge in [0.25, 0.3) is 0 Å². The van der Waals surface area contributed by atoms with Gasteiger partial charge < -0.3 is 21.5 Å². The highest BCUT2D eigenvalue weighted by molar-refractivity contribution is 6.55. The highest BCUT2D eigenvalue weighted by atomic mass is 16.4. The molecule has 0 aromatic heterocycles. The van der Waals surface area contributed by atoms with Gasteiger partial charge in [-0.05, 0) is 44.1 Å². The van der Waals surface area contributed by atoms with Crippen molar-refractivity contribution in [3.05, 3.63) is 29.8 Å². The molecule has 1 aromatic carbocycles. The molecule has 0 fully saturated rings. The number of aryl methyl sites for hydroxylation is 1. The van der Waals surface area contributed by atoms with E-state index in [-0.39, 0.29) is 0 Å². The second-order valence-electron chi connectivity index (χ2n) is 24.0. The lowest BCUT2D eigenvalue weighted by Crippen LogP contribution is -2.55. The molecule has 0 aliphatic heterocycles. The predicted molar refractivity (Wildman–Crippen MR) is 336 cm³/mol. The van der Waals surface area contributed by atoms with Gasteiger partial charge in [0.2, 0.25) is 0 Å². The molecule has 0 saturated carbocycles. The van der Waals surface area contributed by atoms with Gasteiger partial charge in [-0.15, -0.1) is 5.46 Å². The molecule has 0 saturated heterocycles. The van der Waals surface area contributed by atoms with Crippen molar-refractivity contribution in [2.45, 2.75) is 400 Å². The smallest absolute Gasteiger partial charge is 0.0739 e. The lowest BCUT2D eigenvalue weighted by Gasteiger charge is -2.26. The van der Waals surface area contributed by atoms with E-state index in [4.69, 9.17) is 0 Å². The third-order valence-electron chi connectivity index (χ3n) is 16.3. The van der Waals surface area contributed by atoms with Crippen LogP contribution in [0.3, 0.4) is 0 Å². The molecule has 75 heavy (non-hydrogen) atoms. The van der Waals surface area contributed by atoms with Crippen LogP contribution in [0.1, 0.15) is 399 Å². The van der Waals surface area contributed by atoms with Gasteiger partial charge in [0.15, 0.2) is 0 Å². The first-order valence-electron chi connectivity index (χ1n) is 35.1. The number of hydrogen-bond donors (Lipinski definition) is 2. The van der Waals surface area contributed by atoms with Crippen molar-refractivity contribution in [2.75, 3.05) is 13.1 Å². The van der Waals surface area contributed by atoms with Gasteiger partial charge >= 0.3 is 0 Å². The van der Waals surface area contributed by atoms with Gasteiger partial charge in [-0.2, -0.15) is 0 Å². The standard InChI is InChI=1S/2C26H55N.C18H29BO2/c2*1-2-3-4-5-6-7-8-9-10-11-12-13-14-15-16-17-18-19-20-21-22-23-24-25-26-27;1-2-3-4-5-6-7-8-9-10-11-12-17-13-15-18(16-14-17)19(20)21/h2*2-27H2,1H3;13-16H,2-12H2,1H3/q;;-2/p+2. The third-order valence-corrected chi connectivity index (χ3v) is 16.3. The van der Waals surface area contributed by atoms with Crippen molar-refractivity contribution in [1.29, 1.82) is 0 Å². The summed E-state index contributed by atoms with van der Waals surface area (Å²) in [5, 5.41) is 21.5. The van der Waals surface area contributed by atoms with E-state index in [0.717, 1.165) is 19.5 Å². The van der Waals surface area contributed by atoms with Crippen LogP contribution >= 0.6 is 0 Å². The first kappa shape index (κ1) is 76.2. The Hall–Kier alpha value is -0.875. The SMILES string of the molecule is CCCCCCCCCCCCCCCCCCCCCCCCCC[NH3+].CCCCCCCCCCCCCCCCCCCCCCCCCC[NH3+].CCCCCCCCCCCCc1ccc(B([O-])[O-])cc1. The van der Waals surface area contributed by atoms with Gasteiger partial charge in [-0.25, -0.2) is 0 Å². The molecule has 6 N–H and O–H groups in total. The maximum absolute atomic E-state index is 10.7. The zero-order valence-electron chi connectivity index (χ0n) is 52.3. The fourth-order valence-electron chi connectivity index (χ4n) is 10.9. The number of benzene rings is 1. The molecule has 446 valence electrons. The van der Waals surface area contributed by atoms with Crippen molar-refractivity contribution in [2.24, 2.45) is 0 Å². The minimum absolute atomic E-state index is 0.349. The molecule has 0 spiro atoms. The molecule has 0 heterocycles. The van der Waals surface area contributed by atoms with Crippen molar-refractivity contribution in [3.8, 4) is 0 Å². The molecular formula is C70H141BN2O2. The quantitative estimate of drug-likeness (QED) is 0.0501. The Balaban J connectivity index is 0. The van der Waals surface area contributed by atoms with Crippen LogP contribution in [0.25, 0.3) is 0 Å². The van der Waals surface area contributed by atoms with E-state index in [9.17, 15) is 10.0 Å². The second kappa shape index (κ2) is 71.1. The van der Waals surface area contributed by atoms with E-state index >= 15 is 0 Å². The van der Waals surface area contributed by atoms with Crippen LogP contribution in [0, 0.1) is 0 Å². The minimum Gasteiger partial charge on any atom is -0.889 e. The van der Waals surface area contributed by atoms with E-state index < -0.39 is 7.12 Å². The summed E-state index contributed by atoms with van der Waals surface area (Å²) >= 11 is 0. The molecule has 0 radical (unpaired) electrons. The topological polar surface area (TPSA) is 101 Å². The van der Waals surface area contributed by atoms with Crippen molar-refractivity contribution in [1.82, 2.24) is 0 Å². The average Bonchev–Trinajstić information content (AvgIpc) is 3.42. The molecule has 0 amide bonds. The molecule has 0 unspecified atom stereocenters. The van der Waals surface area contributed by atoms with Crippen LogP contribution in [-0.4, -0.2) is 20.2 Å². The van der Waals surface area contributed by atoms with Gasteiger partial charge in [0.05, 0.1) is 13.1 Å². The highest BCUT2D eigenvalue weighted by Gasteiger charge is 2.00. The summed E-state index contributed by atoms with van der Waals surface area (Å²) < 4.78 is 0. The summed E-state index contributed by atoms with van der Waals surface area (Å²) in [6.07, 6.45) is 84.8. The molecule has 5 heteroatoms. The van der Waals surface area contributed by atoms with E-state index in [0.29, 0.717) is 5.46 Å². The fourth-order valence-corrected chi connectivity index (χ4v) is 10.9. The average molecular weight is 1050 g/mol. The van der Waals surface area contributed by atoms with Crippen LogP contribution in [0.5, 0.6) is 0 Å². The zero-order chi connectivity index (χ0) is 54.7. The molecule has 0 aliphatic rings. The zero-order valence-corrected chi connectivity index (χ0v) is 52.3. The van der Waals surface area contributed by atoms with Gasteiger partial charge in [0, 0.05) is 0 Å². The number of quaternary nitrogens is 2. The Bertz CT molecular complexity index is 1000. The minimum atomic E-state index is -1.85. The van der Waals surface area contributed by atoms with Crippen LogP contribution in [0.4, 0.5) is 0 Å². The highest BCUT2D eigenvalue weighted by Crippen LogP contribution is 2.18. The molecule has 1 aromatic rings. The fraction of sp³-hybridized carbons (Fsp3) is 0.914. The van der Waals surface area contributed by atoms with E-state index in [1.165, 1.54) is 378 Å². The van der Waals surface area contributed by atoms with Gasteiger partial charge in [-0.1, -0.05) is 392 Å². The lowest BCUT2D eigenvalue weighted by molar-refractivity contribution is -0.368. The van der Waals surface area contributed by atoms with E-state index in [1.807, 2.05) is 12.1 Å². The van der Waals surface area contributed by atoms with Crippen molar-refractivity contribution < 1.29 is 21.5 Å². The predicted octanol–water partition coefficient (Wildman–Crippen LogP) is 19.8. The second-order valence-corrected chi connectivity index (χ2v) is 24.0. The van der Waals surface area contributed by atoms with E-state index in [1.54, 1.807) is 12.1 Å². The maximum atomic E-state index is 10.7. The Morgan fingerprint density at radius 3 is 0.560 bits per heavy atom. The molecule has 1 rings (SSSR count). The number of rotatable bonds is 60. The van der Waals surface area contributed by atoms with E-state index in [2.05, 4.69) is 32.2 Å². The molecule has 0 atom stereocenters. The monoisotopic (exact) mass is 1050 g/mol. The van der Waals surface area contributed by atoms with Gasteiger partial charge in [0.1, 0.15) is 0 Å². The lowest BCUT2D eigenvalue weighted by atomic mass is 9.80. The first-order valence-corrected chi connectivity index (χ1v) is 35.1. The summed E-state index contributed by atoms with van der Waals surface area (Å²) in [6.45, 7) is 9.11. The van der Waals surface area contributed by atoms with Crippen LogP contribution in [0.15, 0.2) is 24.3 Å². The van der Waals surface area contributed by atoms with Crippen molar-refractivity contribution >= 4 is 12.6 Å². The van der Waals surface area contributed by atoms with Crippen LogP contribution < -0.4 is 27.0 Å². The third kappa shape index (κ3) is 69.2. The van der Waals surface area contributed by atoms with Crippen LogP contribution in [-0.2, 0) is 6.42 Å². The summed E-state index contributed by atoms with van der Waals surface area (Å²) in [6, 6.07) is 7.20. The Labute approximate surface area is 474 Å². The van der Waals surface area contributed by atoms with Crippen LogP contribution in [0.2, 0.25) is 0 Å². The Kier molecular flexibility index (Phi) is 72.3.